The van der Waals surface area contributed by atoms with Crippen LogP contribution in [0.15, 0.2) is 18.2 Å². The molecule has 2 heteroatoms. The van der Waals surface area contributed by atoms with Crippen molar-refractivity contribution in [3.63, 3.8) is 0 Å². The van der Waals surface area contributed by atoms with Gasteiger partial charge >= 0.3 is 0 Å². The molecule has 1 aromatic carbocycles. The average Bonchev–Trinajstić information content (AvgIpc) is 2.51. The predicted octanol–water partition coefficient (Wildman–Crippen LogP) is 4.49. The van der Waals surface area contributed by atoms with Crippen LogP contribution in [-0.4, -0.2) is 13.2 Å². The van der Waals surface area contributed by atoms with Crippen LogP contribution in [0.1, 0.15) is 63.6 Å². The molecule has 0 fully saturated rings. The largest absolute Gasteiger partial charge is 0.493 e. The number of ether oxygens (including phenoxy) is 1. The molecular formula is C18H29NO. The molecule has 0 saturated heterocycles. The summed E-state index contributed by atoms with van der Waals surface area (Å²) in [5.74, 6) is 1.85. The van der Waals surface area contributed by atoms with E-state index in [4.69, 9.17) is 4.74 Å². The Morgan fingerprint density at radius 2 is 2.00 bits per heavy atom. The van der Waals surface area contributed by atoms with E-state index in [2.05, 4.69) is 44.3 Å². The van der Waals surface area contributed by atoms with Crippen LogP contribution >= 0.6 is 0 Å². The van der Waals surface area contributed by atoms with E-state index in [0.29, 0.717) is 12.0 Å². The van der Waals surface area contributed by atoms with Gasteiger partial charge in [-0.15, -0.1) is 0 Å². The monoisotopic (exact) mass is 275 g/mol. The molecule has 1 heterocycles. The van der Waals surface area contributed by atoms with Crippen molar-refractivity contribution in [1.82, 2.24) is 5.32 Å². The second kappa shape index (κ2) is 7.68. The van der Waals surface area contributed by atoms with E-state index >= 15 is 0 Å². The molecule has 112 valence electrons. The molecule has 1 unspecified atom stereocenters. The summed E-state index contributed by atoms with van der Waals surface area (Å²) in [7, 11) is 0. The van der Waals surface area contributed by atoms with Crippen molar-refractivity contribution >= 4 is 0 Å². The van der Waals surface area contributed by atoms with E-state index in [-0.39, 0.29) is 0 Å². The highest BCUT2D eigenvalue weighted by Gasteiger charge is 2.25. The molecule has 0 aromatic heterocycles. The summed E-state index contributed by atoms with van der Waals surface area (Å²) in [5.41, 5.74) is 2.77. The molecule has 0 saturated carbocycles. The highest BCUT2D eigenvalue weighted by Crippen LogP contribution is 2.37. The van der Waals surface area contributed by atoms with Crippen molar-refractivity contribution in [1.29, 1.82) is 0 Å². The second-order valence-electron chi connectivity index (χ2n) is 5.80. The predicted molar refractivity (Wildman–Crippen MR) is 85.4 cm³/mol. The Kier molecular flexibility index (Phi) is 5.90. The van der Waals surface area contributed by atoms with E-state index in [9.17, 15) is 0 Å². The fraction of sp³-hybridized carbons (Fsp3) is 0.667. The lowest BCUT2D eigenvalue weighted by molar-refractivity contribution is 0.270. The summed E-state index contributed by atoms with van der Waals surface area (Å²) in [6, 6.07) is 7.11. The molecule has 0 bridgehead atoms. The van der Waals surface area contributed by atoms with Gasteiger partial charge in [0, 0.05) is 11.6 Å². The molecule has 0 amide bonds. The minimum atomic E-state index is 0.429. The summed E-state index contributed by atoms with van der Waals surface area (Å²) < 4.78 is 6.01. The van der Waals surface area contributed by atoms with Crippen LogP contribution in [0, 0.1) is 5.92 Å². The zero-order valence-corrected chi connectivity index (χ0v) is 13.2. The first kappa shape index (κ1) is 15.4. The number of rotatable bonds is 7. The van der Waals surface area contributed by atoms with Gasteiger partial charge in [0.15, 0.2) is 0 Å². The Bertz CT molecular complexity index is 412. The minimum absolute atomic E-state index is 0.429. The first-order chi connectivity index (χ1) is 9.81. The van der Waals surface area contributed by atoms with Gasteiger partial charge in [-0.3, -0.25) is 0 Å². The molecule has 20 heavy (non-hydrogen) atoms. The maximum atomic E-state index is 6.01. The average molecular weight is 275 g/mol. The van der Waals surface area contributed by atoms with Crippen LogP contribution in [0.5, 0.6) is 5.75 Å². The number of para-hydroxylation sites is 1. The molecule has 1 atom stereocenters. The van der Waals surface area contributed by atoms with Crippen LogP contribution in [0.4, 0.5) is 0 Å². The summed E-state index contributed by atoms with van der Waals surface area (Å²) in [6.45, 7) is 8.77. The van der Waals surface area contributed by atoms with E-state index in [0.717, 1.165) is 26.0 Å². The zero-order chi connectivity index (χ0) is 14.4. The fourth-order valence-electron chi connectivity index (χ4n) is 3.25. The van der Waals surface area contributed by atoms with Crippen LogP contribution in [0.2, 0.25) is 0 Å². The Labute approximate surface area is 123 Å². The van der Waals surface area contributed by atoms with Crippen molar-refractivity contribution in [2.75, 3.05) is 13.2 Å². The zero-order valence-electron chi connectivity index (χ0n) is 13.2. The van der Waals surface area contributed by atoms with Crippen LogP contribution in [-0.2, 0) is 6.42 Å². The van der Waals surface area contributed by atoms with Crippen molar-refractivity contribution in [2.45, 2.75) is 58.9 Å². The summed E-state index contributed by atoms with van der Waals surface area (Å²) in [6.07, 6.45) is 5.90. The van der Waals surface area contributed by atoms with Crippen molar-refractivity contribution < 1.29 is 4.74 Å². The molecule has 1 aliphatic rings. The van der Waals surface area contributed by atoms with Gasteiger partial charge in [-0.2, -0.15) is 0 Å². The number of benzene rings is 1. The van der Waals surface area contributed by atoms with E-state index in [1.165, 1.54) is 36.1 Å². The Morgan fingerprint density at radius 3 is 2.70 bits per heavy atom. The minimum Gasteiger partial charge on any atom is -0.493 e. The van der Waals surface area contributed by atoms with Crippen LogP contribution < -0.4 is 10.1 Å². The maximum Gasteiger partial charge on any atom is 0.127 e. The number of hydrogen-bond donors (Lipinski definition) is 1. The Hall–Kier alpha value is -1.02. The van der Waals surface area contributed by atoms with Crippen molar-refractivity contribution in [3.8, 4) is 5.75 Å². The normalized spacial score (nSPS) is 15.8. The highest BCUT2D eigenvalue weighted by atomic mass is 16.5. The van der Waals surface area contributed by atoms with E-state index < -0.39 is 0 Å². The molecular weight excluding hydrogens is 246 g/mol. The van der Waals surface area contributed by atoms with Gasteiger partial charge in [-0.05, 0) is 37.3 Å². The number of nitrogens with one attached hydrogen (secondary N) is 1. The molecule has 0 aliphatic carbocycles. The van der Waals surface area contributed by atoms with Crippen molar-refractivity contribution in [2.24, 2.45) is 5.92 Å². The molecule has 1 aliphatic heterocycles. The second-order valence-corrected chi connectivity index (χ2v) is 5.80. The van der Waals surface area contributed by atoms with Gasteiger partial charge < -0.3 is 10.1 Å². The Balaban J connectivity index is 2.32. The molecule has 1 aromatic rings. The van der Waals surface area contributed by atoms with Crippen LogP contribution in [0.25, 0.3) is 0 Å². The van der Waals surface area contributed by atoms with Gasteiger partial charge in [0.1, 0.15) is 5.75 Å². The molecule has 2 nitrogen and oxygen atoms in total. The highest BCUT2D eigenvalue weighted by molar-refractivity contribution is 5.44. The van der Waals surface area contributed by atoms with Gasteiger partial charge in [0.05, 0.1) is 6.61 Å². The Morgan fingerprint density at radius 1 is 1.20 bits per heavy atom. The smallest absolute Gasteiger partial charge is 0.127 e. The first-order valence-corrected chi connectivity index (χ1v) is 8.29. The lowest BCUT2D eigenvalue weighted by Gasteiger charge is -2.30. The van der Waals surface area contributed by atoms with Gasteiger partial charge in [-0.25, -0.2) is 0 Å². The van der Waals surface area contributed by atoms with Crippen molar-refractivity contribution in [3.05, 3.63) is 29.3 Å². The van der Waals surface area contributed by atoms with Gasteiger partial charge in [0.25, 0.3) is 0 Å². The standard InChI is InChI=1S/C18H29NO/c1-4-12-19-17(14(5-2)6-3)16-11-7-9-15-10-8-13-20-18(15)16/h7,9,11,14,17,19H,4-6,8,10,12-13H2,1-3H3. The van der Waals surface area contributed by atoms with Crippen LogP contribution in [0.3, 0.4) is 0 Å². The van der Waals surface area contributed by atoms with Gasteiger partial charge in [-0.1, -0.05) is 51.8 Å². The number of aryl methyl sites for hydroxylation is 1. The maximum absolute atomic E-state index is 6.01. The lowest BCUT2D eigenvalue weighted by atomic mass is 9.86. The number of fused-ring (bicyclic) bond motifs is 1. The third-order valence-corrected chi connectivity index (χ3v) is 4.43. The SMILES string of the molecule is CCCNC(c1cccc2c1OCCC2)C(CC)CC. The quantitative estimate of drug-likeness (QED) is 0.791. The fourth-order valence-corrected chi connectivity index (χ4v) is 3.25. The molecule has 2 rings (SSSR count). The lowest BCUT2D eigenvalue weighted by Crippen LogP contribution is -2.29. The third-order valence-electron chi connectivity index (χ3n) is 4.43. The number of hydrogen-bond acceptors (Lipinski definition) is 2. The third kappa shape index (κ3) is 3.35. The van der Waals surface area contributed by atoms with Gasteiger partial charge in [0.2, 0.25) is 0 Å². The molecule has 1 N–H and O–H groups in total. The summed E-state index contributed by atoms with van der Waals surface area (Å²) in [4.78, 5) is 0. The molecule has 0 spiro atoms. The van der Waals surface area contributed by atoms with E-state index in [1.807, 2.05) is 0 Å². The van der Waals surface area contributed by atoms with E-state index in [1.54, 1.807) is 0 Å². The summed E-state index contributed by atoms with van der Waals surface area (Å²) in [5, 5.41) is 3.76. The summed E-state index contributed by atoms with van der Waals surface area (Å²) >= 11 is 0. The molecule has 0 radical (unpaired) electrons. The first-order valence-electron chi connectivity index (χ1n) is 8.29. The topological polar surface area (TPSA) is 21.3 Å².